The molecule has 1 aromatic rings. The minimum absolute atomic E-state index is 0.149. The van der Waals surface area contributed by atoms with E-state index < -0.39 is 0 Å². The van der Waals surface area contributed by atoms with Crippen molar-refractivity contribution in [2.75, 3.05) is 18.8 Å². The lowest BCUT2D eigenvalue weighted by atomic mass is 9.97. The zero-order chi connectivity index (χ0) is 13.1. The molecule has 1 aromatic carbocycles. The number of fused-ring (bicyclic) bond motifs is 1. The van der Waals surface area contributed by atoms with Crippen LogP contribution in [0, 0.1) is 5.92 Å². The Hall–Kier alpha value is -1.00. The van der Waals surface area contributed by atoms with Crippen molar-refractivity contribution in [2.45, 2.75) is 30.2 Å². The summed E-state index contributed by atoms with van der Waals surface area (Å²) in [6.07, 6.45) is 3.16. The first-order valence-corrected chi connectivity index (χ1v) is 8.06. The Morgan fingerprint density at radius 1 is 1.32 bits per heavy atom. The number of nitrogens with one attached hydrogen (secondary N) is 2. The van der Waals surface area contributed by atoms with E-state index in [1.54, 1.807) is 0 Å². The highest BCUT2D eigenvalue weighted by Crippen LogP contribution is 2.35. The lowest BCUT2D eigenvalue weighted by Gasteiger charge is -2.29. The predicted molar refractivity (Wildman–Crippen MR) is 78.3 cm³/mol. The Morgan fingerprint density at radius 3 is 3.05 bits per heavy atom. The molecule has 0 spiro atoms. The number of carbonyl (C=O) groups is 1. The molecule has 3 nitrogen and oxygen atoms in total. The predicted octanol–water partition coefficient (Wildman–Crippen LogP) is 2.34. The van der Waals surface area contributed by atoms with Gasteiger partial charge in [0.05, 0.1) is 12.0 Å². The Balaban J connectivity index is 1.68. The van der Waals surface area contributed by atoms with E-state index in [-0.39, 0.29) is 17.9 Å². The summed E-state index contributed by atoms with van der Waals surface area (Å²) in [5.74, 6) is 1.46. The van der Waals surface area contributed by atoms with Crippen LogP contribution in [0.15, 0.2) is 29.2 Å². The molecular weight excluding hydrogens is 256 g/mol. The van der Waals surface area contributed by atoms with E-state index in [1.807, 2.05) is 11.8 Å². The Labute approximate surface area is 118 Å². The second-order valence-corrected chi connectivity index (χ2v) is 6.42. The number of thioether (sulfide) groups is 1. The van der Waals surface area contributed by atoms with Crippen LogP contribution in [0.5, 0.6) is 0 Å². The second-order valence-electron chi connectivity index (χ2n) is 5.28. The third kappa shape index (κ3) is 2.95. The van der Waals surface area contributed by atoms with Gasteiger partial charge in [-0.3, -0.25) is 4.79 Å². The first-order chi connectivity index (χ1) is 9.34. The lowest BCUT2D eigenvalue weighted by Crippen LogP contribution is -2.42. The molecule has 1 fully saturated rings. The van der Waals surface area contributed by atoms with Gasteiger partial charge in [0.25, 0.3) is 0 Å². The molecule has 19 heavy (non-hydrogen) atoms. The van der Waals surface area contributed by atoms with Crippen molar-refractivity contribution in [1.29, 1.82) is 0 Å². The normalized spacial score (nSPS) is 26.5. The van der Waals surface area contributed by atoms with Gasteiger partial charge in [-0.2, -0.15) is 0 Å². The van der Waals surface area contributed by atoms with Gasteiger partial charge in [0, 0.05) is 17.2 Å². The zero-order valence-corrected chi connectivity index (χ0v) is 11.8. The highest BCUT2D eigenvalue weighted by atomic mass is 32.2. The maximum atomic E-state index is 12.3. The third-order valence-corrected chi connectivity index (χ3v) is 5.07. The fourth-order valence-corrected chi connectivity index (χ4v) is 3.98. The van der Waals surface area contributed by atoms with E-state index in [4.69, 9.17) is 0 Å². The van der Waals surface area contributed by atoms with E-state index in [2.05, 4.69) is 34.9 Å². The Bertz CT molecular complexity index is 457. The molecule has 0 aromatic heterocycles. The summed E-state index contributed by atoms with van der Waals surface area (Å²) in [6.45, 7) is 1.88. The number of carbonyl (C=O) groups excluding carboxylic acids is 1. The summed E-state index contributed by atoms with van der Waals surface area (Å²) < 4.78 is 0. The van der Waals surface area contributed by atoms with Crippen molar-refractivity contribution in [2.24, 2.45) is 5.92 Å². The third-order valence-electron chi connectivity index (χ3n) is 3.94. The minimum atomic E-state index is 0.149. The maximum absolute atomic E-state index is 12.3. The van der Waals surface area contributed by atoms with E-state index in [9.17, 15) is 4.79 Å². The minimum Gasteiger partial charge on any atom is -0.349 e. The summed E-state index contributed by atoms with van der Waals surface area (Å²) in [6, 6.07) is 8.63. The number of amides is 1. The molecule has 1 saturated heterocycles. The van der Waals surface area contributed by atoms with Gasteiger partial charge in [0.15, 0.2) is 0 Å². The van der Waals surface area contributed by atoms with Crippen LogP contribution in [-0.2, 0) is 4.79 Å². The van der Waals surface area contributed by atoms with Crippen molar-refractivity contribution in [3.63, 3.8) is 0 Å². The molecule has 2 heterocycles. The summed E-state index contributed by atoms with van der Waals surface area (Å²) in [5.41, 5.74) is 1.29. The number of hydrogen-bond acceptors (Lipinski definition) is 3. The first kappa shape index (κ1) is 13.0. The zero-order valence-electron chi connectivity index (χ0n) is 11.0. The molecule has 4 heteroatoms. The highest BCUT2D eigenvalue weighted by Gasteiger charge is 2.26. The van der Waals surface area contributed by atoms with Crippen molar-refractivity contribution < 1.29 is 4.79 Å². The Morgan fingerprint density at radius 2 is 2.21 bits per heavy atom. The molecule has 0 saturated carbocycles. The molecule has 0 radical (unpaired) electrons. The van der Waals surface area contributed by atoms with Crippen molar-refractivity contribution in [3.05, 3.63) is 29.8 Å². The summed E-state index contributed by atoms with van der Waals surface area (Å²) in [7, 11) is 0. The molecule has 2 aliphatic heterocycles. The van der Waals surface area contributed by atoms with Gasteiger partial charge >= 0.3 is 0 Å². The van der Waals surface area contributed by atoms with Gasteiger partial charge in [-0.25, -0.2) is 0 Å². The van der Waals surface area contributed by atoms with E-state index >= 15 is 0 Å². The van der Waals surface area contributed by atoms with E-state index in [0.717, 1.165) is 38.1 Å². The van der Waals surface area contributed by atoms with Gasteiger partial charge in [-0.05, 0) is 37.4 Å². The van der Waals surface area contributed by atoms with Crippen LogP contribution in [0.1, 0.15) is 30.9 Å². The number of hydrogen-bond donors (Lipinski definition) is 2. The monoisotopic (exact) mass is 276 g/mol. The van der Waals surface area contributed by atoms with Gasteiger partial charge < -0.3 is 10.6 Å². The lowest BCUT2D eigenvalue weighted by molar-refractivity contribution is -0.126. The molecule has 2 aliphatic rings. The molecular formula is C15H20N2OS. The summed E-state index contributed by atoms with van der Waals surface area (Å²) >= 11 is 1.89. The molecule has 0 aliphatic carbocycles. The number of benzene rings is 1. The molecule has 2 N–H and O–H groups in total. The molecule has 3 rings (SSSR count). The largest absolute Gasteiger partial charge is 0.349 e. The van der Waals surface area contributed by atoms with Crippen molar-refractivity contribution >= 4 is 17.7 Å². The fourth-order valence-electron chi connectivity index (χ4n) is 2.86. The van der Waals surface area contributed by atoms with Crippen LogP contribution in [0.4, 0.5) is 0 Å². The van der Waals surface area contributed by atoms with Crippen LogP contribution in [0.3, 0.4) is 0 Å². The van der Waals surface area contributed by atoms with Crippen molar-refractivity contribution in [1.82, 2.24) is 10.6 Å². The average Bonchev–Trinajstić information content (AvgIpc) is 2.48. The Kier molecular flexibility index (Phi) is 4.09. The smallest absolute Gasteiger partial charge is 0.224 e. The van der Waals surface area contributed by atoms with Gasteiger partial charge in [-0.15, -0.1) is 11.8 Å². The molecule has 0 bridgehead atoms. The molecule has 2 atom stereocenters. The highest BCUT2D eigenvalue weighted by molar-refractivity contribution is 7.99. The number of rotatable bonds is 2. The van der Waals surface area contributed by atoms with Gasteiger partial charge in [0.1, 0.15) is 0 Å². The SMILES string of the molecule is O=C(NC1CCSc2ccccc21)[C@@H]1CCCNC1. The number of piperidine rings is 1. The van der Waals surface area contributed by atoms with Crippen molar-refractivity contribution in [3.8, 4) is 0 Å². The van der Waals surface area contributed by atoms with Crippen LogP contribution in [-0.4, -0.2) is 24.7 Å². The van der Waals surface area contributed by atoms with Crippen LogP contribution in [0.25, 0.3) is 0 Å². The average molecular weight is 276 g/mol. The molecule has 102 valence electrons. The second kappa shape index (κ2) is 5.97. The standard InChI is InChI=1S/C15H20N2OS/c18-15(11-4-3-8-16-10-11)17-13-7-9-19-14-6-2-1-5-12(13)14/h1-2,5-6,11,13,16H,3-4,7-10H2,(H,17,18)/t11-,13?/m1/s1. The topological polar surface area (TPSA) is 41.1 Å². The summed E-state index contributed by atoms with van der Waals surface area (Å²) in [5, 5.41) is 6.56. The molecule has 1 amide bonds. The van der Waals surface area contributed by atoms with Gasteiger partial charge in [0.2, 0.25) is 5.91 Å². The van der Waals surface area contributed by atoms with Crippen LogP contribution in [0.2, 0.25) is 0 Å². The van der Waals surface area contributed by atoms with E-state index in [0.29, 0.717) is 0 Å². The molecule has 1 unspecified atom stereocenters. The maximum Gasteiger partial charge on any atom is 0.224 e. The fraction of sp³-hybridized carbons (Fsp3) is 0.533. The van der Waals surface area contributed by atoms with Crippen LogP contribution >= 0.6 is 11.8 Å². The quantitative estimate of drug-likeness (QED) is 0.871. The van der Waals surface area contributed by atoms with E-state index in [1.165, 1.54) is 10.5 Å². The van der Waals surface area contributed by atoms with Gasteiger partial charge in [-0.1, -0.05) is 18.2 Å². The first-order valence-electron chi connectivity index (χ1n) is 7.07. The summed E-state index contributed by atoms with van der Waals surface area (Å²) in [4.78, 5) is 13.6. The van der Waals surface area contributed by atoms with Crippen LogP contribution < -0.4 is 10.6 Å².